The Kier molecular flexibility index (Phi) is 4.56. The zero-order valence-corrected chi connectivity index (χ0v) is 11.9. The Bertz CT molecular complexity index is 539. The van der Waals surface area contributed by atoms with Crippen molar-refractivity contribution in [2.75, 3.05) is 0 Å². The fourth-order valence-corrected chi connectivity index (χ4v) is 2.22. The number of nitrogens with two attached hydrogens (primary N) is 1. The maximum Gasteiger partial charge on any atom is 0.228 e. The van der Waals surface area contributed by atoms with Crippen molar-refractivity contribution in [3.05, 3.63) is 35.2 Å². The molecule has 0 bridgehead atoms. The molecular formula is C14H18ClN3O. The van der Waals surface area contributed by atoms with Gasteiger partial charge in [0.2, 0.25) is 11.7 Å². The van der Waals surface area contributed by atoms with Crippen LogP contribution < -0.4 is 5.73 Å². The van der Waals surface area contributed by atoms with Gasteiger partial charge in [-0.1, -0.05) is 42.7 Å². The molecule has 0 amide bonds. The maximum atomic E-state index is 6.10. The Balaban J connectivity index is 2.09. The van der Waals surface area contributed by atoms with Gasteiger partial charge in [0, 0.05) is 18.0 Å². The molecule has 5 heteroatoms. The van der Waals surface area contributed by atoms with Crippen molar-refractivity contribution in [2.45, 2.75) is 32.7 Å². The molecule has 1 atom stereocenters. The summed E-state index contributed by atoms with van der Waals surface area (Å²) in [5.41, 5.74) is 6.81. The summed E-state index contributed by atoms with van der Waals surface area (Å²) in [7, 11) is 0. The SMILES string of the molecule is CC(C)CC(N)Cc1nc(-c2ccccc2Cl)no1. The van der Waals surface area contributed by atoms with Crippen molar-refractivity contribution in [1.82, 2.24) is 10.1 Å². The van der Waals surface area contributed by atoms with E-state index in [2.05, 4.69) is 24.0 Å². The van der Waals surface area contributed by atoms with Crippen molar-refractivity contribution < 1.29 is 4.52 Å². The van der Waals surface area contributed by atoms with E-state index < -0.39 is 0 Å². The fraction of sp³-hybridized carbons (Fsp3) is 0.429. The van der Waals surface area contributed by atoms with Gasteiger partial charge in [-0.25, -0.2) is 0 Å². The van der Waals surface area contributed by atoms with Crippen molar-refractivity contribution in [1.29, 1.82) is 0 Å². The lowest BCUT2D eigenvalue weighted by Gasteiger charge is -2.10. The van der Waals surface area contributed by atoms with Crippen LogP contribution in [0.25, 0.3) is 11.4 Å². The third-order valence-electron chi connectivity index (χ3n) is 2.79. The van der Waals surface area contributed by atoms with E-state index in [9.17, 15) is 0 Å². The lowest BCUT2D eigenvalue weighted by Crippen LogP contribution is -2.24. The van der Waals surface area contributed by atoms with Crippen molar-refractivity contribution in [2.24, 2.45) is 11.7 Å². The molecule has 2 rings (SSSR count). The smallest absolute Gasteiger partial charge is 0.228 e. The lowest BCUT2D eigenvalue weighted by atomic mass is 10.0. The molecule has 1 aromatic carbocycles. The molecule has 0 aliphatic carbocycles. The Morgan fingerprint density at radius 2 is 2.05 bits per heavy atom. The van der Waals surface area contributed by atoms with Gasteiger partial charge in [0.1, 0.15) is 0 Å². The van der Waals surface area contributed by atoms with Gasteiger partial charge < -0.3 is 10.3 Å². The van der Waals surface area contributed by atoms with E-state index in [1.807, 2.05) is 18.2 Å². The van der Waals surface area contributed by atoms with Gasteiger partial charge in [-0.15, -0.1) is 0 Å². The van der Waals surface area contributed by atoms with Crippen LogP contribution in [0.15, 0.2) is 28.8 Å². The third-order valence-corrected chi connectivity index (χ3v) is 3.12. The summed E-state index contributed by atoms with van der Waals surface area (Å²) in [5.74, 6) is 1.63. The van der Waals surface area contributed by atoms with Crippen LogP contribution in [0.4, 0.5) is 0 Å². The summed E-state index contributed by atoms with van der Waals surface area (Å²) >= 11 is 6.10. The summed E-state index contributed by atoms with van der Waals surface area (Å²) in [6.45, 7) is 4.28. The zero-order chi connectivity index (χ0) is 13.8. The van der Waals surface area contributed by atoms with E-state index in [0.717, 1.165) is 12.0 Å². The van der Waals surface area contributed by atoms with Crippen LogP contribution in [0.1, 0.15) is 26.2 Å². The van der Waals surface area contributed by atoms with E-state index in [-0.39, 0.29) is 6.04 Å². The second-order valence-electron chi connectivity index (χ2n) is 5.09. The van der Waals surface area contributed by atoms with E-state index in [4.69, 9.17) is 21.9 Å². The maximum absolute atomic E-state index is 6.10. The fourth-order valence-electron chi connectivity index (χ4n) is 2.00. The molecule has 2 N–H and O–H groups in total. The molecule has 0 fully saturated rings. The van der Waals surface area contributed by atoms with Gasteiger partial charge in [0.25, 0.3) is 0 Å². The van der Waals surface area contributed by atoms with Gasteiger partial charge in [-0.2, -0.15) is 4.98 Å². The molecule has 0 aliphatic rings. The average Bonchev–Trinajstić information content (AvgIpc) is 2.76. The van der Waals surface area contributed by atoms with E-state index >= 15 is 0 Å². The summed E-state index contributed by atoms with van der Waals surface area (Å²) in [4.78, 5) is 4.35. The second-order valence-corrected chi connectivity index (χ2v) is 5.49. The predicted molar refractivity (Wildman–Crippen MR) is 75.9 cm³/mol. The van der Waals surface area contributed by atoms with Crippen LogP contribution in [-0.2, 0) is 6.42 Å². The first-order valence-electron chi connectivity index (χ1n) is 6.39. The summed E-state index contributed by atoms with van der Waals surface area (Å²) in [6.07, 6.45) is 1.53. The van der Waals surface area contributed by atoms with Crippen LogP contribution in [0, 0.1) is 5.92 Å². The van der Waals surface area contributed by atoms with Gasteiger partial charge >= 0.3 is 0 Å². The van der Waals surface area contributed by atoms with Crippen LogP contribution in [0.2, 0.25) is 5.02 Å². The van der Waals surface area contributed by atoms with E-state index in [1.165, 1.54) is 0 Å². The predicted octanol–water partition coefficient (Wildman–Crippen LogP) is 3.31. The zero-order valence-electron chi connectivity index (χ0n) is 11.1. The lowest BCUT2D eigenvalue weighted by molar-refractivity contribution is 0.359. The van der Waals surface area contributed by atoms with Gasteiger partial charge in [0.15, 0.2) is 0 Å². The Hall–Kier alpha value is -1.39. The number of hydrogen-bond donors (Lipinski definition) is 1. The monoisotopic (exact) mass is 279 g/mol. The molecule has 0 spiro atoms. The van der Waals surface area contributed by atoms with Crippen molar-refractivity contribution in [3.63, 3.8) is 0 Å². The Morgan fingerprint density at radius 3 is 2.74 bits per heavy atom. The first kappa shape index (κ1) is 14.0. The van der Waals surface area contributed by atoms with Crippen molar-refractivity contribution >= 4 is 11.6 Å². The number of aromatic nitrogens is 2. The van der Waals surface area contributed by atoms with Gasteiger partial charge in [-0.05, 0) is 24.5 Å². The normalized spacial score (nSPS) is 12.9. The molecule has 4 nitrogen and oxygen atoms in total. The highest BCUT2D eigenvalue weighted by molar-refractivity contribution is 6.33. The minimum absolute atomic E-state index is 0.0412. The third kappa shape index (κ3) is 3.78. The summed E-state index contributed by atoms with van der Waals surface area (Å²) < 4.78 is 5.23. The number of rotatable bonds is 5. The van der Waals surface area contributed by atoms with Crippen LogP contribution in [-0.4, -0.2) is 16.2 Å². The summed E-state index contributed by atoms with van der Waals surface area (Å²) in [5, 5.41) is 4.57. The Labute approximate surface area is 118 Å². The van der Waals surface area contributed by atoms with E-state index in [1.54, 1.807) is 6.07 Å². The molecule has 19 heavy (non-hydrogen) atoms. The molecule has 0 aliphatic heterocycles. The first-order valence-corrected chi connectivity index (χ1v) is 6.77. The quantitative estimate of drug-likeness (QED) is 0.912. The second kappa shape index (κ2) is 6.17. The van der Waals surface area contributed by atoms with Crippen LogP contribution in [0.3, 0.4) is 0 Å². The highest BCUT2D eigenvalue weighted by atomic mass is 35.5. The Morgan fingerprint density at radius 1 is 1.32 bits per heavy atom. The largest absolute Gasteiger partial charge is 0.339 e. The topological polar surface area (TPSA) is 64.9 Å². The van der Waals surface area contributed by atoms with Crippen LogP contribution >= 0.6 is 11.6 Å². The van der Waals surface area contributed by atoms with E-state index in [0.29, 0.717) is 29.1 Å². The first-order chi connectivity index (χ1) is 9.06. The number of halogens is 1. The van der Waals surface area contributed by atoms with Crippen molar-refractivity contribution in [3.8, 4) is 11.4 Å². The number of nitrogens with zero attached hydrogens (tertiary/aromatic N) is 2. The average molecular weight is 280 g/mol. The number of hydrogen-bond acceptors (Lipinski definition) is 4. The highest BCUT2D eigenvalue weighted by Gasteiger charge is 2.14. The van der Waals surface area contributed by atoms with Gasteiger partial charge in [-0.3, -0.25) is 0 Å². The molecule has 1 unspecified atom stereocenters. The van der Waals surface area contributed by atoms with Crippen LogP contribution in [0.5, 0.6) is 0 Å². The minimum Gasteiger partial charge on any atom is -0.339 e. The highest BCUT2D eigenvalue weighted by Crippen LogP contribution is 2.25. The molecule has 0 radical (unpaired) electrons. The minimum atomic E-state index is 0.0412. The molecule has 0 saturated carbocycles. The molecule has 102 valence electrons. The molecule has 1 aromatic heterocycles. The molecule has 2 aromatic rings. The standard InChI is InChI=1S/C14H18ClN3O/c1-9(2)7-10(16)8-13-17-14(18-19-13)11-5-3-4-6-12(11)15/h3-6,9-10H,7-8,16H2,1-2H3. The molecule has 1 heterocycles. The molecular weight excluding hydrogens is 262 g/mol. The summed E-state index contributed by atoms with van der Waals surface area (Å²) in [6, 6.07) is 7.47. The number of benzene rings is 1. The molecule has 0 saturated heterocycles. The van der Waals surface area contributed by atoms with Gasteiger partial charge in [0.05, 0.1) is 5.02 Å².